The summed E-state index contributed by atoms with van der Waals surface area (Å²) in [6.45, 7) is 4.75. The van der Waals surface area contributed by atoms with Gasteiger partial charge >= 0.3 is 0 Å². The van der Waals surface area contributed by atoms with E-state index < -0.39 is 4.92 Å². The fourth-order valence-electron chi connectivity index (χ4n) is 2.92. The molecule has 6 nitrogen and oxygen atoms in total. The van der Waals surface area contributed by atoms with E-state index in [1.165, 1.54) is 12.1 Å². The third-order valence-corrected chi connectivity index (χ3v) is 4.97. The highest BCUT2D eigenvalue weighted by molar-refractivity contribution is 6.33. The number of anilines is 1. The summed E-state index contributed by atoms with van der Waals surface area (Å²) in [5, 5.41) is 11.8. The van der Waals surface area contributed by atoms with E-state index in [0.29, 0.717) is 22.4 Å². The second-order valence-electron chi connectivity index (χ2n) is 6.00. The van der Waals surface area contributed by atoms with Crippen LogP contribution in [0, 0.1) is 10.1 Å². The molecule has 8 heteroatoms. The summed E-state index contributed by atoms with van der Waals surface area (Å²) >= 11 is 12.3. The van der Waals surface area contributed by atoms with Gasteiger partial charge in [0.05, 0.1) is 20.7 Å². The molecule has 2 aromatic carbocycles. The van der Waals surface area contributed by atoms with E-state index in [0.717, 1.165) is 38.4 Å². The van der Waals surface area contributed by atoms with Gasteiger partial charge in [0.25, 0.3) is 5.69 Å². The molecule has 3 rings (SSSR count). The first kappa shape index (κ1) is 18.8. The SMILES string of the molecule is O=[N+]([O-])c1ccc(N2CCN(CCOc3ccccc3Cl)CC2)c(Cl)c1. The number of rotatable bonds is 6. The first-order valence-electron chi connectivity index (χ1n) is 8.33. The molecule has 1 saturated heterocycles. The quantitative estimate of drug-likeness (QED) is 0.544. The number of hydrogen-bond acceptors (Lipinski definition) is 5. The summed E-state index contributed by atoms with van der Waals surface area (Å²) in [7, 11) is 0. The molecule has 1 fully saturated rings. The molecule has 0 spiro atoms. The Labute approximate surface area is 162 Å². The average molecular weight is 396 g/mol. The number of ether oxygens (including phenoxy) is 1. The van der Waals surface area contributed by atoms with E-state index >= 15 is 0 Å². The number of para-hydroxylation sites is 1. The maximum atomic E-state index is 10.8. The second-order valence-corrected chi connectivity index (χ2v) is 6.81. The van der Waals surface area contributed by atoms with Crippen molar-refractivity contribution in [1.29, 1.82) is 0 Å². The van der Waals surface area contributed by atoms with Gasteiger partial charge in [-0.2, -0.15) is 0 Å². The van der Waals surface area contributed by atoms with E-state index in [4.69, 9.17) is 27.9 Å². The van der Waals surface area contributed by atoms with Crippen molar-refractivity contribution in [3.8, 4) is 5.75 Å². The molecular weight excluding hydrogens is 377 g/mol. The van der Waals surface area contributed by atoms with E-state index in [1.807, 2.05) is 24.3 Å². The molecule has 0 aromatic heterocycles. The zero-order valence-corrected chi connectivity index (χ0v) is 15.6. The third-order valence-electron chi connectivity index (χ3n) is 4.36. The normalized spacial score (nSPS) is 15.1. The number of nitro groups is 1. The summed E-state index contributed by atoms with van der Waals surface area (Å²) in [5.74, 6) is 0.700. The molecule has 1 aliphatic heterocycles. The van der Waals surface area contributed by atoms with Crippen molar-refractivity contribution in [3.63, 3.8) is 0 Å². The van der Waals surface area contributed by atoms with Gasteiger partial charge in [0.2, 0.25) is 0 Å². The lowest BCUT2D eigenvalue weighted by Crippen LogP contribution is -2.47. The number of piperazine rings is 1. The topological polar surface area (TPSA) is 58.9 Å². The molecule has 0 aliphatic carbocycles. The van der Waals surface area contributed by atoms with Gasteiger partial charge in [-0.05, 0) is 18.2 Å². The van der Waals surface area contributed by atoms with Gasteiger partial charge in [0.1, 0.15) is 12.4 Å². The van der Waals surface area contributed by atoms with Crippen LogP contribution in [0.1, 0.15) is 0 Å². The second kappa shape index (κ2) is 8.58. The minimum absolute atomic E-state index is 0.00843. The molecule has 0 bridgehead atoms. The Kier molecular flexibility index (Phi) is 6.19. The summed E-state index contributed by atoms with van der Waals surface area (Å²) in [6, 6.07) is 12.1. The van der Waals surface area contributed by atoms with Crippen LogP contribution in [0.4, 0.5) is 11.4 Å². The number of nitrogens with zero attached hydrogens (tertiary/aromatic N) is 3. The van der Waals surface area contributed by atoms with Crippen LogP contribution in [0.5, 0.6) is 5.75 Å². The molecule has 0 atom stereocenters. The third kappa shape index (κ3) is 4.58. The van der Waals surface area contributed by atoms with Crippen molar-refractivity contribution in [1.82, 2.24) is 4.90 Å². The van der Waals surface area contributed by atoms with E-state index in [2.05, 4.69) is 9.80 Å². The molecule has 2 aromatic rings. The van der Waals surface area contributed by atoms with Gasteiger partial charge in [-0.1, -0.05) is 35.3 Å². The predicted octanol–water partition coefficient (Wildman–Crippen LogP) is 4.10. The van der Waals surface area contributed by atoms with Crippen LogP contribution in [0.3, 0.4) is 0 Å². The minimum Gasteiger partial charge on any atom is -0.491 e. The van der Waals surface area contributed by atoms with Crippen LogP contribution in [0.2, 0.25) is 10.0 Å². The van der Waals surface area contributed by atoms with Crippen molar-refractivity contribution >= 4 is 34.6 Å². The Balaban J connectivity index is 1.48. The molecule has 0 saturated carbocycles. The molecule has 1 aliphatic rings. The van der Waals surface area contributed by atoms with Gasteiger partial charge in [-0.3, -0.25) is 15.0 Å². The van der Waals surface area contributed by atoms with E-state index in [-0.39, 0.29) is 5.69 Å². The zero-order valence-electron chi connectivity index (χ0n) is 14.1. The van der Waals surface area contributed by atoms with Crippen LogP contribution in [0.25, 0.3) is 0 Å². The predicted molar refractivity (Wildman–Crippen MR) is 104 cm³/mol. The summed E-state index contributed by atoms with van der Waals surface area (Å²) in [5.41, 5.74) is 0.846. The summed E-state index contributed by atoms with van der Waals surface area (Å²) < 4.78 is 5.73. The van der Waals surface area contributed by atoms with Crippen molar-refractivity contribution in [3.05, 3.63) is 62.6 Å². The molecule has 26 heavy (non-hydrogen) atoms. The van der Waals surface area contributed by atoms with Gasteiger partial charge in [-0.25, -0.2) is 0 Å². The Morgan fingerprint density at radius 2 is 1.77 bits per heavy atom. The lowest BCUT2D eigenvalue weighted by molar-refractivity contribution is -0.384. The Bertz CT molecular complexity index is 780. The first-order chi connectivity index (χ1) is 12.5. The summed E-state index contributed by atoms with van der Waals surface area (Å²) in [6.07, 6.45) is 0. The van der Waals surface area contributed by atoms with Crippen LogP contribution >= 0.6 is 23.2 Å². The van der Waals surface area contributed by atoms with Crippen molar-refractivity contribution < 1.29 is 9.66 Å². The minimum atomic E-state index is -0.438. The fourth-order valence-corrected chi connectivity index (χ4v) is 3.41. The number of non-ortho nitro benzene ring substituents is 1. The van der Waals surface area contributed by atoms with Crippen LogP contribution < -0.4 is 9.64 Å². The largest absolute Gasteiger partial charge is 0.491 e. The molecule has 0 unspecified atom stereocenters. The number of hydrogen-bond donors (Lipinski definition) is 0. The Hall–Kier alpha value is -2.02. The average Bonchev–Trinajstić information content (AvgIpc) is 2.64. The van der Waals surface area contributed by atoms with E-state index in [1.54, 1.807) is 6.07 Å². The maximum absolute atomic E-state index is 10.8. The lowest BCUT2D eigenvalue weighted by Gasteiger charge is -2.36. The Morgan fingerprint density at radius 1 is 1.04 bits per heavy atom. The van der Waals surface area contributed by atoms with Gasteiger partial charge in [0.15, 0.2) is 0 Å². The van der Waals surface area contributed by atoms with Gasteiger partial charge < -0.3 is 9.64 Å². The number of nitro benzene ring substituents is 1. The molecular formula is C18H19Cl2N3O3. The highest BCUT2D eigenvalue weighted by Crippen LogP contribution is 2.30. The molecule has 1 heterocycles. The van der Waals surface area contributed by atoms with Crippen LogP contribution in [-0.2, 0) is 0 Å². The molecule has 0 amide bonds. The molecule has 0 N–H and O–H groups in total. The number of benzene rings is 2. The van der Waals surface area contributed by atoms with Crippen LogP contribution in [-0.4, -0.2) is 49.2 Å². The molecule has 0 radical (unpaired) electrons. The smallest absolute Gasteiger partial charge is 0.271 e. The maximum Gasteiger partial charge on any atom is 0.271 e. The zero-order chi connectivity index (χ0) is 18.5. The van der Waals surface area contributed by atoms with Crippen molar-refractivity contribution in [2.75, 3.05) is 44.2 Å². The van der Waals surface area contributed by atoms with Gasteiger partial charge in [0, 0.05) is 44.9 Å². The highest BCUT2D eigenvalue weighted by atomic mass is 35.5. The van der Waals surface area contributed by atoms with E-state index in [9.17, 15) is 10.1 Å². The highest BCUT2D eigenvalue weighted by Gasteiger charge is 2.20. The standard InChI is InChI=1S/C18H19Cl2N3O3/c19-15-3-1-2-4-18(15)26-12-11-21-7-9-22(10-8-21)17-6-5-14(23(24)25)13-16(17)20/h1-6,13H,7-12H2. The monoisotopic (exact) mass is 395 g/mol. The fraction of sp³-hybridized carbons (Fsp3) is 0.333. The number of halogens is 2. The summed E-state index contributed by atoms with van der Waals surface area (Å²) in [4.78, 5) is 14.8. The van der Waals surface area contributed by atoms with Gasteiger partial charge in [-0.15, -0.1) is 0 Å². The Morgan fingerprint density at radius 3 is 2.42 bits per heavy atom. The van der Waals surface area contributed by atoms with Crippen LogP contribution in [0.15, 0.2) is 42.5 Å². The first-order valence-corrected chi connectivity index (χ1v) is 9.09. The van der Waals surface area contributed by atoms with Crippen molar-refractivity contribution in [2.45, 2.75) is 0 Å². The van der Waals surface area contributed by atoms with Crippen molar-refractivity contribution in [2.24, 2.45) is 0 Å². The molecule has 138 valence electrons. The lowest BCUT2D eigenvalue weighted by atomic mass is 10.2.